The van der Waals surface area contributed by atoms with E-state index in [2.05, 4.69) is 6.58 Å². The number of Topliss-reactive ketones (excluding diaryl/α,β-unsaturated/α-hetero) is 1. The highest BCUT2D eigenvalue weighted by Gasteiger charge is 2.34. The van der Waals surface area contributed by atoms with E-state index in [1.54, 1.807) is 33.8 Å². The van der Waals surface area contributed by atoms with Crippen LogP contribution < -0.4 is 0 Å². The standard InChI is InChI=1S/C12H23O4P/c1-6-9-12(4,5)11(13)10-17(14,15-7-2)16-8-3/h6H,1,7-10H2,2-5H3. The first-order valence-corrected chi connectivity index (χ1v) is 7.56. The highest BCUT2D eigenvalue weighted by atomic mass is 31.2. The van der Waals surface area contributed by atoms with Gasteiger partial charge in [-0.15, -0.1) is 6.58 Å². The summed E-state index contributed by atoms with van der Waals surface area (Å²) in [4.78, 5) is 12.0. The molecule has 0 radical (unpaired) electrons. The van der Waals surface area contributed by atoms with E-state index in [0.29, 0.717) is 6.42 Å². The van der Waals surface area contributed by atoms with Gasteiger partial charge in [-0.05, 0) is 20.3 Å². The van der Waals surface area contributed by atoms with Crippen molar-refractivity contribution in [1.82, 2.24) is 0 Å². The summed E-state index contributed by atoms with van der Waals surface area (Å²) in [6.07, 6.45) is 2.06. The SMILES string of the molecule is C=CCC(C)(C)C(=O)CP(=O)(OCC)OCC. The van der Waals surface area contributed by atoms with Crippen molar-refractivity contribution in [1.29, 1.82) is 0 Å². The van der Waals surface area contributed by atoms with Gasteiger partial charge in [-0.2, -0.15) is 0 Å². The summed E-state index contributed by atoms with van der Waals surface area (Å²) in [5.74, 6) is -0.123. The smallest absolute Gasteiger partial charge is 0.309 e. The summed E-state index contributed by atoms with van der Waals surface area (Å²) < 4.78 is 22.4. The Balaban J connectivity index is 4.71. The molecule has 17 heavy (non-hydrogen) atoms. The zero-order valence-electron chi connectivity index (χ0n) is 11.2. The molecule has 0 saturated heterocycles. The molecule has 0 bridgehead atoms. The first-order chi connectivity index (χ1) is 7.81. The molecule has 0 spiro atoms. The molecule has 0 atom stereocenters. The minimum absolute atomic E-state index is 0.123. The van der Waals surface area contributed by atoms with E-state index in [9.17, 15) is 9.36 Å². The molecule has 0 rings (SSSR count). The van der Waals surface area contributed by atoms with E-state index in [0.717, 1.165) is 0 Å². The van der Waals surface area contributed by atoms with Crippen LogP contribution in [0.2, 0.25) is 0 Å². The Bertz CT molecular complexity index is 300. The van der Waals surface area contributed by atoms with E-state index in [1.165, 1.54) is 0 Å². The van der Waals surface area contributed by atoms with Gasteiger partial charge in [0.05, 0.1) is 13.2 Å². The average Bonchev–Trinajstić information content (AvgIpc) is 2.17. The molecule has 0 aromatic rings. The maximum atomic E-state index is 12.2. The van der Waals surface area contributed by atoms with Crippen LogP contribution in [0.4, 0.5) is 0 Å². The zero-order chi connectivity index (χ0) is 13.5. The summed E-state index contributed by atoms with van der Waals surface area (Å²) >= 11 is 0. The highest BCUT2D eigenvalue weighted by Crippen LogP contribution is 2.49. The molecule has 0 heterocycles. The number of carbonyl (C=O) groups is 1. The third-order valence-electron chi connectivity index (χ3n) is 2.40. The number of allylic oxidation sites excluding steroid dienone is 1. The maximum Gasteiger partial charge on any atom is 0.338 e. The number of hydrogen-bond acceptors (Lipinski definition) is 4. The fourth-order valence-corrected chi connectivity index (χ4v) is 3.21. The molecule has 0 unspecified atom stereocenters. The minimum atomic E-state index is -3.28. The summed E-state index contributed by atoms with van der Waals surface area (Å²) in [5.41, 5.74) is -0.578. The van der Waals surface area contributed by atoms with Gasteiger partial charge >= 0.3 is 7.60 Å². The van der Waals surface area contributed by atoms with Gasteiger partial charge in [-0.25, -0.2) is 0 Å². The second-order valence-corrected chi connectivity index (χ2v) is 6.46. The second kappa shape index (κ2) is 7.10. The van der Waals surface area contributed by atoms with Gasteiger partial charge in [-0.1, -0.05) is 19.9 Å². The van der Waals surface area contributed by atoms with Crippen LogP contribution in [0.3, 0.4) is 0 Å². The van der Waals surface area contributed by atoms with Crippen molar-refractivity contribution in [3.63, 3.8) is 0 Å². The molecule has 0 amide bonds. The number of rotatable bonds is 9. The van der Waals surface area contributed by atoms with Crippen molar-refractivity contribution < 1.29 is 18.4 Å². The van der Waals surface area contributed by atoms with Crippen LogP contribution in [0.15, 0.2) is 12.7 Å². The zero-order valence-corrected chi connectivity index (χ0v) is 12.1. The molecule has 0 fully saturated rings. The topological polar surface area (TPSA) is 52.6 Å². The van der Waals surface area contributed by atoms with Crippen LogP contribution in [0.1, 0.15) is 34.1 Å². The lowest BCUT2D eigenvalue weighted by molar-refractivity contribution is -0.124. The molecule has 4 nitrogen and oxygen atoms in total. The summed E-state index contributed by atoms with van der Waals surface area (Å²) in [6, 6.07) is 0. The van der Waals surface area contributed by atoms with Crippen LogP contribution in [0, 0.1) is 5.41 Å². The highest BCUT2D eigenvalue weighted by molar-refractivity contribution is 7.54. The van der Waals surface area contributed by atoms with Crippen LogP contribution >= 0.6 is 7.60 Å². The van der Waals surface area contributed by atoms with Gasteiger partial charge < -0.3 is 9.05 Å². The Hall–Kier alpha value is -0.440. The minimum Gasteiger partial charge on any atom is -0.309 e. The lowest BCUT2D eigenvalue weighted by Crippen LogP contribution is -2.27. The first kappa shape index (κ1) is 16.6. The predicted octanol–water partition coefficient (Wildman–Crippen LogP) is 3.42. The van der Waals surface area contributed by atoms with Crippen molar-refractivity contribution >= 4 is 13.4 Å². The average molecular weight is 262 g/mol. The second-order valence-electron chi connectivity index (χ2n) is 4.40. The van der Waals surface area contributed by atoms with Gasteiger partial charge in [0.1, 0.15) is 6.16 Å². The molecule has 0 aromatic carbocycles. The van der Waals surface area contributed by atoms with Gasteiger partial charge in [0.2, 0.25) is 0 Å². The molecular weight excluding hydrogens is 239 g/mol. The number of hydrogen-bond donors (Lipinski definition) is 0. The Morgan fingerprint density at radius 2 is 1.76 bits per heavy atom. The van der Waals surface area contributed by atoms with E-state index >= 15 is 0 Å². The van der Waals surface area contributed by atoms with Crippen molar-refractivity contribution in [2.75, 3.05) is 19.4 Å². The first-order valence-electron chi connectivity index (χ1n) is 5.83. The molecule has 0 aromatic heterocycles. The molecule has 0 aliphatic heterocycles. The van der Waals surface area contributed by atoms with Crippen LogP contribution in [0.5, 0.6) is 0 Å². The summed E-state index contributed by atoms with van der Waals surface area (Å²) in [6.45, 7) is 11.2. The Kier molecular flexibility index (Phi) is 6.91. The van der Waals surface area contributed by atoms with E-state index in [1.807, 2.05) is 0 Å². The van der Waals surface area contributed by atoms with Gasteiger partial charge in [0, 0.05) is 5.41 Å². The van der Waals surface area contributed by atoms with Gasteiger partial charge in [0.25, 0.3) is 0 Å². The Morgan fingerprint density at radius 1 is 1.29 bits per heavy atom. The molecule has 0 saturated carbocycles. The quantitative estimate of drug-likeness (QED) is 0.472. The third-order valence-corrected chi connectivity index (χ3v) is 4.38. The maximum absolute atomic E-state index is 12.2. The number of ketones is 1. The molecule has 5 heteroatoms. The number of carbonyl (C=O) groups excluding carboxylic acids is 1. The largest absolute Gasteiger partial charge is 0.338 e. The van der Waals surface area contributed by atoms with Crippen molar-refractivity contribution in [2.24, 2.45) is 5.41 Å². The Morgan fingerprint density at radius 3 is 2.12 bits per heavy atom. The fraction of sp³-hybridized carbons (Fsp3) is 0.750. The lowest BCUT2D eigenvalue weighted by Gasteiger charge is -2.24. The van der Waals surface area contributed by atoms with E-state index < -0.39 is 13.0 Å². The van der Waals surface area contributed by atoms with E-state index in [4.69, 9.17) is 9.05 Å². The monoisotopic (exact) mass is 262 g/mol. The van der Waals surface area contributed by atoms with Gasteiger partial charge in [-0.3, -0.25) is 9.36 Å². The lowest BCUT2D eigenvalue weighted by atomic mass is 9.85. The van der Waals surface area contributed by atoms with Crippen molar-refractivity contribution in [3.8, 4) is 0 Å². The van der Waals surface area contributed by atoms with Crippen LogP contribution in [0.25, 0.3) is 0 Å². The normalized spacial score (nSPS) is 12.5. The fourth-order valence-electron chi connectivity index (χ4n) is 1.39. The molecular formula is C12H23O4P. The molecule has 0 aliphatic rings. The van der Waals surface area contributed by atoms with Crippen LogP contribution in [-0.4, -0.2) is 25.2 Å². The summed E-state index contributed by atoms with van der Waals surface area (Å²) in [7, 11) is -3.28. The van der Waals surface area contributed by atoms with Gasteiger partial charge in [0.15, 0.2) is 5.78 Å². The summed E-state index contributed by atoms with van der Waals surface area (Å²) in [5, 5.41) is 0. The van der Waals surface area contributed by atoms with Crippen LogP contribution in [-0.2, 0) is 18.4 Å². The molecule has 0 N–H and O–H groups in total. The van der Waals surface area contributed by atoms with Crippen molar-refractivity contribution in [3.05, 3.63) is 12.7 Å². The van der Waals surface area contributed by atoms with E-state index in [-0.39, 0.29) is 25.2 Å². The van der Waals surface area contributed by atoms with Crippen molar-refractivity contribution in [2.45, 2.75) is 34.1 Å². The molecule has 100 valence electrons. The predicted molar refractivity (Wildman–Crippen MR) is 69.3 cm³/mol. The third kappa shape index (κ3) is 5.62. The Labute approximate surface area is 104 Å². The molecule has 0 aliphatic carbocycles.